The second-order valence-corrected chi connectivity index (χ2v) is 4.95. The molecule has 2 aromatic carbocycles. The molecule has 4 N–H and O–H groups in total. The summed E-state index contributed by atoms with van der Waals surface area (Å²) in [6.45, 7) is 1.03. The fourth-order valence-corrected chi connectivity index (χ4v) is 2.35. The minimum absolute atomic E-state index is 0.0666. The molecule has 0 radical (unpaired) electrons. The summed E-state index contributed by atoms with van der Waals surface area (Å²) >= 11 is 0. The van der Waals surface area contributed by atoms with Crippen LogP contribution in [0.3, 0.4) is 0 Å². The van der Waals surface area contributed by atoms with Crippen LogP contribution in [0.5, 0.6) is 0 Å². The zero-order valence-corrected chi connectivity index (χ0v) is 11.6. The van der Waals surface area contributed by atoms with Gasteiger partial charge < -0.3 is 16.0 Å². The van der Waals surface area contributed by atoms with Crippen LogP contribution in [0.1, 0.15) is 21.5 Å². The lowest BCUT2D eigenvalue weighted by Crippen LogP contribution is -2.22. The largest absolute Gasteiger partial charge is 0.361 e. The van der Waals surface area contributed by atoms with Gasteiger partial charge >= 0.3 is 0 Å². The van der Waals surface area contributed by atoms with Crippen molar-refractivity contribution in [1.29, 1.82) is 0 Å². The third-order valence-electron chi connectivity index (χ3n) is 3.55. The van der Waals surface area contributed by atoms with Gasteiger partial charge in [0.25, 0.3) is 5.91 Å². The Balaban J connectivity index is 1.72. The quantitative estimate of drug-likeness (QED) is 0.687. The average Bonchev–Trinajstić information content (AvgIpc) is 3.01. The van der Waals surface area contributed by atoms with Gasteiger partial charge in [-0.3, -0.25) is 4.79 Å². The van der Waals surface area contributed by atoms with E-state index in [1.165, 1.54) is 0 Å². The average molecular weight is 279 g/mol. The summed E-state index contributed by atoms with van der Waals surface area (Å²) in [6.07, 6.45) is 1.84. The Morgan fingerprint density at radius 1 is 1.05 bits per heavy atom. The molecule has 0 aliphatic carbocycles. The van der Waals surface area contributed by atoms with Crippen molar-refractivity contribution in [2.45, 2.75) is 13.1 Å². The standard InChI is InChI=1S/C17H17N3O/c18-10-12-4-6-13(7-5-12)11-20-17(21)15-2-1-3-16-14(15)8-9-19-16/h1-9,19H,10-11,18H2,(H,20,21). The van der Waals surface area contributed by atoms with Gasteiger partial charge in [-0.05, 0) is 29.3 Å². The van der Waals surface area contributed by atoms with Crippen LogP contribution >= 0.6 is 0 Å². The van der Waals surface area contributed by atoms with Gasteiger partial charge in [0, 0.05) is 35.8 Å². The zero-order valence-electron chi connectivity index (χ0n) is 11.6. The fraction of sp³-hybridized carbons (Fsp3) is 0.118. The lowest BCUT2D eigenvalue weighted by atomic mass is 10.1. The molecule has 0 saturated carbocycles. The topological polar surface area (TPSA) is 70.9 Å². The smallest absolute Gasteiger partial charge is 0.252 e. The summed E-state index contributed by atoms with van der Waals surface area (Å²) in [5.74, 6) is -0.0666. The van der Waals surface area contributed by atoms with E-state index in [0.29, 0.717) is 18.7 Å². The third-order valence-corrected chi connectivity index (χ3v) is 3.55. The number of nitrogens with one attached hydrogen (secondary N) is 2. The minimum atomic E-state index is -0.0666. The molecule has 0 unspecified atom stereocenters. The number of carbonyl (C=O) groups excluding carboxylic acids is 1. The first-order valence-electron chi connectivity index (χ1n) is 6.90. The molecule has 0 aliphatic heterocycles. The summed E-state index contributed by atoms with van der Waals surface area (Å²) in [7, 11) is 0. The number of benzene rings is 2. The van der Waals surface area contributed by atoms with Crippen molar-refractivity contribution in [3.63, 3.8) is 0 Å². The summed E-state index contributed by atoms with van der Waals surface area (Å²) in [5.41, 5.74) is 9.37. The number of carbonyl (C=O) groups is 1. The predicted molar refractivity (Wildman–Crippen MR) is 83.8 cm³/mol. The molecule has 0 saturated heterocycles. The second-order valence-electron chi connectivity index (χ2n) is 4.95. The van der Waals surface area contributed by atoms with Crippen molar-refractivity contribution in [2.24, 2.45) is 5.73 Å². The fourth-order valence-electron chi connectivity index (χ4n) is 2.35. The lowest BCUT2D eigenvalue weighted by molar-refractivity contribution is 0.0952. The summed E-state index contributed by atoms with van der Waals surface area (Å²) < 4.78 is 0. The molecular formula is C17H17N3O. The number of fused-ring (bicyclic) bond motifs is 1. The van der Waals surface area contributed by atoms with Crippen molar-refractivity contribution in [3.05, 3.63) is 71.4 Å². The molecule has 0 fully saturated rings. The molecule has 4 heteroatoms. The number of hydrogen-bond acceptors (Lipinski definition) is 2. The Kier molecular flexibility index (Phi) is 3.71. The summed E-state index contributed by atoms with van der Waals surface area (Å²) in [5, 5.41) is 3.89. The van der Waals surface area contributed by atoms with E-state index in [9.17, 15) is 4.79 Å². The Hall–Kier alpha value is -2.59. The first-order chi connectivity index (χ1) is 10.3. The highest BCUT2D eigenvalue weighted by Crippen LogP contribution is 2.17. The Bertz CT molecular complexity index is 759. The van der Waals surface area contributed by atoms with E-state index in [-0.39, 0.29) is 5.91 Å². The predicted octanol–water partition coefficient (Wildman–Crippen LogP) is 2.56. The molecule has 0 atom stereocenters. The highest BCUT2D eigenvalue weighted by molar-refractivity contribution is 6.06. The first-order valence-corrected chi connectivity index (χ1v) is 6.90. The number of aromatic amines is 1. The monoisotopic (exact) mass is 279 g/mol. The molecule has 106 valence electrons. The molecule has 4 nitrogen and oxygen atoms in total. The highest BCUT2D eigenvalue weighted by atomic mass is 16.1. The number of H-pyrrole nitrogens is 1. The van der Waals surface area contributed by atoms with Crippen LogP contribution in [0.4, 0.5) is 0 Å². The molecule has 1 aromatic heterocycles. The Morgan fingerprint density at radius 2 is 1.81 bits per heavy atom. The maximum atomic E-state index is 12.3. The summed E-state index contributed by atoms with van der Waals surface area (Å²) in [6, 6.07) is 15.5. The van der Waals surface area contributed by atoms with Gasteiger partial charge in [0.2, 0.25) is 0 Å². The maximum Gasteiger partial charge on any atom is 0.252 e. The van der Waals surface area contributed by atoms with Crippen molar-refractivity contribution >= 4 is 16.8 Å². The molecule has 21 heavy (non-hydrogen) atoms. The Morgan fingerprint density at radius 3 is 2.57 bits per heavy atom. The molecule has 1 amide bonds. The number of aromatic nitrogens is 1. The van der Waals surface area contributed by atoms with Crippen LogP contribution in [-0.4, -0.2) is 10.9 Å². The number of nitrogens with two attached hydrogens (primary N) is 1. The van der Waals surface area contributed by atoms with Crippen LogP contribution in [0.25, 0.3) is 10.9 Å². The molecule has 0 bridgehead atoms. The van der Waals surface area contributed by atoms with Crippen LogP contribution in [0.2, 0.25) is 0 Å². The van der Waals surface area contributed by atoms with Crippen LogP contribution in [-0.2, 0) is 13.1 Å². The van der Waals surface area contributed by atoms with Gasteiger partial charge in [-0.1, -0.05) is 30.3 Å². The molecule has 0 aliphatic rings. The second kappa shape index (κ2) is 5.81. The van der Waals surface area contributed by atoms with Crippen LogP contribution in [0, 0.1) is 0 Å². The molecule has 0 spiro atoms. The Labute approximate surface area is 123 Å². The molecular weight excluding hydrogens is 262 g/mol. The highest BCUT2D eigenvalue weighted by Gasteiger charge is 2.09. The van der Waals surface area contributed by atoms with E-state index in [1.54, 1.807) is 0 Å². The summed E-state index contributed by atoms with van der Waals surface area (Å²) in [4.78, 5) is 15.4. The van der Waals surface area contributed by atoms with E-state index in [4.69, 9.17) is 5.73 Å². The lowest BCUT2D eigenvalue weighted by Gasteiger charge is -2.07. The first kappa shape index (κ1) is 13.4. The van der Waals surface area contributed by atoms with E-state index in [1.807, 2.05) is 54.7 Å². The van der Waals surface area contributed by atoms with E-state index < -0.39 is 0 Å². The van der Waals surface area contributed by atoms with Crippen molar-refractivity contribution in [3.8, 4) is 0 Å². The van der Waals surface area contributed by atoms with Crippen LogP contribution in [0.15, 0.2) is 54.7 Å². The minimum Gasteiger partial charge on any atom is -0.361 e. The van der Waals surface area contributed by atoms with Crippen LogP contribution < -0.4 is 11.1 Å². The molecule has 1 heterocycles. The van der Waals surface area contributed by atoms with Crippen molar-refractivity contribution in [2.75, 3.05) is 0 Å². The number of hydrogen-bond donors (Lipinski definition) is 3. The van der Waals surface area contributed by atoms with E-state index in [2.05, 4.69) is 10.3 Å². The van der Waals surface area contributed by atoms with E-state index >= 15 is 0 Å². The third kappa shape index (κ3) is 2.80. The molecule has 3 aromatic rings. The van der Waals surface area contributed by atoms with Gasteiger partial charge in [-0.2, -0.15) is 0 Å². The van der Waals surface area contributed by atoms with Crippen molar-refractivity contribution in [1.82, 2.24) is 10.3 Å². The number of amides is 1. The van der Waals surface area contributed by atoms with Gasteiger partial charge in [0.05, 0.1) is 0 Å². The van der Waals surface area contributed by atoms with Gasteiger partial charge in [-0.15, -0.1) is 0 Å². The zero-order chi connectivity index (χ0) is 14.7. The normalized spacial score (nSPS) is 10.7. The number of rotatable bonds is 4. The molecule has 3 rings (SSSR count). The van der Waals surface area contributed by atoms with Gasteiger partial charge in [0.1, 0.15) is 0 Å². The SMILES string of the molecule is NCc1ccc(CNC(=O)c2cccc3[nH]ccc23)cc1. The van der Waals surface area contributed by atoms with Crippen molar-refractivity contribution < 1.29 is 4.79 Å². The van der Waals surface area contributed by atoms with Gasteiger partial charge in [-0.25, -0.2) is 0 Å². The van der Waals surface area contributed by atoms with Gasteiger partial charge in [0.15, 0.2) is 0 Å². The van der Waals surface area contributed by atoms with E-state index in [0.717, 1.165) is 22.0 Å². The maximum absolute atomic E-state index is 12.3.